The van der Waals surface area contributed by atoms with Crippen molar-refractivity contribution in [2.24, 2.45) is 0 Å². The fourth-order valence-electron chi connectivity index (χ4n) is 3.55. The SMILES string of the molecule is COc1ccc(C(CNC(=O)c2cccc(C(F)(F)F)c2)N2CCN(C)CC2)cc1. The summed E-state index contributed by atoms with van der Waals surface area (Å²) in [5.74, 6) is 0.220. The van der Waals surface area contributed by atoms with Crippen LogP contribution in [0.5, 0.6) is 5.75 Å². The van der Waals surface area contributed by atoms with Gasteiger partial charge in [-0.3, -0.25) is 9.69 Å². The van der Waals surface area contributed by atoms with Gasteiger partial charge in [-0.25, -0.2) is 0 Å². The van der Waals surface area contributed by atoms with Crippen molar-refractivity contribution >= 4 is 5.91 Å². The fourth-order valence-corrected chi connectivity index (χ4v) is 3.55. The number of carbonyl (C=O) groups is 1. The highest BCUT2D eigenvalue weighted by molar-refractivity contribution is 5.94. The molecule has 0 radical (unpaired) electrons. The number of piperazine rings is 1. The minimum absolute atomic E-state index is 0.00307. The standard InChI is InChI=1S/C22H26F3N3O2/c1-27-10-12-28(13-11-27)20(16-6-8-19(30-2)9-7-16)15-26-21(29)17-4-3-5-18(14-17)22(23,24)25/h3-9,14,20H,10-13,15H2,1-2H3,(H,26,29). The minimum Gasteiger partial charge on any atom is -0.497 e. The van der Waals surface area contributed by atoms with Crippen LogP contribution < -0.4 is 10.1 Å². The lowest BCUT2D eigenvalue weighted by Crippen LogP contribution is -2.48. The molecule has 1 unspecified atom stereocenters. The summed E-state index contributed by atoms with van der Waals surface area (Å²) >= 11 is 0. The average molecular weight is 421 g/mol. The van der Waals surface area contributed by atoms with Crippen molar-refractivity contribution in [3.63, 3.8) is 0 Å². The van der Waals surface area contributed by atoms with Gasteiger partial charge in [0, 0.05) is 38.3 Å². The molecule has 3 rings (SSSR count). The maximum atomic E-state index is 13.0. The monoisotopic (exact) mass is 421 g/mol. The van der Waals surface area contributed by atoms with E-state index in [0.29, 0.717) is 6.54 Å². The van der Waals surface area contributed by atoms with Gasteiger partial charge in [0.25, 0.3) is 5.91 Å². The van der Waals surface area contributed by atoms with Crippen molar-refractivity contribution in [2.75, 3.05) is 46.9 Å². The van der Waals surface area contributed by atoms with Crippen LogP contribution in [0.2, 0.25) is 0 Å². The van der Waals surface area contributed by atoms with Crippen molar-refractivity contribution in [2.45, 2.75) is 12.2 Å². The second-order valence-corrected chi connectivity index (χ2v) is 7.42. The molecule has 1 amide bonds. The van der Waals surface area contributed by atoms with Crippen LogP contribution >= 0.6 is 0 Å². The van der Waals surface area contributed by atoms with Crippen LogP contribution in [0.25, 0.3) is 0 Å². The van der Waals surface area contributed by atoms with Crippen molar-refractivity contribution in [3.05, 3.63) is 65.2 Å². The van der Waals surface area contributed by atoms with E-state index in [1.807, 2.05) is 24.3 Å². The number of amides is 1. The number of halogens is 3. The zero-order chi connectivity index (χ0) is 21.7. The van der Waals surface area contributed by atoms with E-state index < -0.39 is 17.6 Å². The van der Waals surface area contributed by atoms with Crippen molar-refractivity contribution in [1.29, 1.82) is 0 Å². The van der Waals surface area contributed by atoms with E-state index in [1.165, 1.54) is 12.1 Å². The van der Waals surface area contributed by atoms with E-state index in [9.17, 15) is 18.0 Å². The van der Waals surface area contributed by atoms with Crippen molar-refractivity contribution in [1.82, 2.24) is 15.1 Å². The minimum atomic E-state index is -4.48. The fraction of sp³-hybridized carbons (Fsp3) is 0.409. The molecule has 0 saturated carbocycles. The summed E-state index contributed by atoms with van der Waals surface area (Å²) in [4.78, 5) is 17.1. The van der Waals surface area contributed by atoms with E-state index in [2.05, 4.69) is 22.2 Å². The number of hydrogen-bond donors (Lipinski definition) is 1. The molecule has 2 aromatic rings. The summed E-state index contributed by atoms with van der Waals surface area (Å²) in [7, 11) is 3.66. The van der Waals surface area contributed by atoms with Gasteiger partial charge in [0.2, 0.25) is 0 Å². The molecule has 1 atom stereocenters. The lowest BCUT2D eigenvalue weighted by Gasteiger charge is -2.38. The van der Waals surface area contributed by atoms with Gasteiger partial charge in [0.15, 0.2) is 0 Å². The largest absolute Gasteiger partial charge is 0.497 e. The number of methoxy groups -OCH3 is 1. The molecule has 5 nitrogen and oxygen atoms in total. The van der Waals surface area contributed by atoms with Crippen LogP contribution in [-0.4, -0.2) is 62.6 Å². The van der Waals surface area contributed by atoms with E-state index >= 15 is 0 Å². The molecule has 1 fully saturated rings. The summed E-state index contributed by atoms with van der Waals surface area (Å²) < 4.78 is 44.1. The van der Waals surface area contributed by atoms with Gasteiger partial charge in [-0.05, 0) is 42.9 Å². The van der Waals surface area contributed by atoms with E-state index in [1.54, 1.807) is 7.11 Å². The average Bonchev–Trinajstić information content (AvgIpc) is 2.75. The van der Waals surface area contributed by atoms with Gasteiger partial charge in [0.05, 0.1) is 18.7 Å². The molecule has 1 N–H and O–H groups in total. The number of nitrogens with zero attached hydrogens (tertiary/aromatic N) is 2. The number of carbonyl (C=O) groups excluding carboxylic acids is 1. The molecule has 2 aromatic carbocycles. The zero-order valence-electron chi connectivity index (χ0n) is 17.1. The molecular weight excluding hydrogens is 395 g/mol. The predicted molar refractivity (Wildman–Crippen MR) is 109 cm³/mol. The van der Waals surface area contributed by atoms with Crippen LogP contribution in [0.15, 0.2) is 48.5 Å². The van der Waals surface area contributed by atoms with E-state index in [-0.39, 0.29) is 11.6 Å². The normalized spacial score (nSPS) is 16.8. The van der Waals surface area contributed by atoms with Crippen molar-refractivity contribution < 1.29 is 22.7 Å². The molecule has 30 heavy (non-hydrogen) atoms. The van der Waals surface area contributed by atoms with Gasteiger partial charge >= 0.3 is 6.18 Å². The lowest BCUT2D eigenvalue weighted by atomic mass is 10.0. The van der Waals surface area contributed by atoms with Gasteiger partial charge in [-0.1, -0.05) is 18.2 Å². The number of ether oxygens (including phenoxy) is 1. The Labute approximate surface area is 174 Å². The molecule has 0 spiro atoms. The summed E-state index contributed by atoms with van der Waals surface area (Å²) in [6.45, 7) is 3.80. The maximum absolute atomic E-state index is 13.0. The number of benzene rings is 2. The zero-order valence-corrected chi connectivity index (χ0v) is 17.1. The van der Waals surface area contributed by atoms with Gasteiger partial charge in [0.1, 0.15) is 5.75 Å². The van der Waals surface area contributed by atoms with Gasteiger partial charge in [-0.2, -0.15) is 13.2 Å². The van der Waals surface area contributed by atoms with Gasteiger partial charge in [-0.15, -0.1) is 0 Å². The smallest absolute Gasteiger partial charge is 0.416 e. The molecule has 8 heteroatoms. The number of nitrogens with one attached hydrogen (secondary N) is 1. The lowest BCUT2D eigenvalue weighted by molar-refractivity contribution is -0.137. The molecular formula is C22H26F3N3O2. The third kappa shape index (κ3) is 5.52. The molecule has 1 heterocycles. The number of hydrogen-bond acceptors (Lipinski definition) is 4. The first-order valence-electron chi connectivity index (χ1n) is 9.80. The summed E-state index contributed by atoms with van der Waals surface area (Å²) in [6.07, 6.45) is -4.48. The molecule has 0 aromatic heterocycles. The van der Waals surface area contributed by atoms with E-state index in [0.717, 1.165) is 49.6 Å². The Balaban J connectivity index is 1.75. The first-order valence-corrected chi connectivity index (χ1v) is 9.80. The van der Waals surface area contributed by atoms with Crippen LogP contribution in [0.1, 0.15) is 27.5 Å². The summed E-state index contributed by atoms with van der Waals surface area (Å²) in [5, 5.41) is 2.82. The van der Waals surface area contributed by atoms with Crippen LogP contribution in [-0.2, 0) is 6.18 Å². The van der Waals surface area contributed by atoms with Crippen LogP contribution in [0.4, 0.5) is 13.2 Å². The second kappa shape index (κ2) is 9.49. The maximum Gasteiger partial charge on any atom is 0.416 e. The Morgan fingerprint density at radius 2 is 1.77 bits per heavy atom. The molecule has 1 saturated heterocycles. The van der Waals surface area contributed by atoms with Crippen LogP contribution in [0, 0.1) is 0 Å². The predicted octanol–water partition coefficient (Wildman–Crippen LogP) is 3.43. The first kappa shape index (κ1) is 22.1. The summed E-state index contributed by atoms with van der Waals surface area (Å²) in [5.41, 5.74) is 0.183. The Bertz CT molecular complexity index is 847. The van der Waals surface area contributed by atoms with E-state index in [4.69, 9.17) is 4.74 Å². The summed E-state index contributed by atoms with van der Waals surface area (Å²) in [6, 6.07) is 12.0. The Morgan fingerprint density at radius 3 is 2.37 bits per heavy atom. The number of likely N-dealkylation sites (N-methyl/N-ethyl adjacent to an activating group) is 1. The highest BCUT2D eigenvalue weighted by Gasteiger charge is 2.31. The molecule has 0 aliphatic carbocycles. The number of rotatable bonds is 6. The Hall–Kier alpha value is -2.58. The third-order valence-electron chi connectivity index (χ3n) is 5.39. The quantitative estimate of drug-likeness (QED) is 0.776. The molecule has 162 valence electrons. The topological polar surface area (TPSA) is 44.8 Å². The Kier molecular flexibility index (Phi) is 6.99. The molecule has 1 aliphatic heterocycles. The first-order chi connectivity index (χ1) is 14.3. The van der Waals surface area contributed by atoms with Crippen LogP contribution in [0.3, 0.4) is 0 Å². The Morgan fingerprint density at radius 1 is 1.10 bits per heavy atom. The van der Waals surface area contributed by atoms with Crippen molar-refractivity contribution in [3.8, 4) is 5.75 Å². The highest BCUT2D eigenvalue weighted by Crippen LogP contribution is 2.29. The third-order valence-corrected chi connectivity index (χ3v) is 5.39. The number of alkyl halides is 3. The molecule has 1 aliphatic rings. The highest BCUT2D eigenvalue weighted by atomic mass is 19.4. The molecule has 0 bridgehead atoms. The van der Waals surface area contributed by atoms with Gasteiger partial charge < -0.3 is 15.0 Å². The second-order valence-electron chi connectivity index (χ2n) is 7.42.